The molecule has 0 bridgehead atoms. The molecule has 2 amide bonds. The monoisotopic (exact) mass is 605 g/mol. The molecule has 3 aliphatic rings. The molecule has 2 aliphatic heterocycles. The van der Waals surface area contributed by atoms with Gasteiger partial charge in [-0.25, -0.2) is 9.18 Å². The van der Waals surface area contributed by atoms with Crippen molar-refractivity contribution in [3.63, 3.8) is 0 Å². The first-order valence-corrected chi connectivity index (χ1v) is 14.0. The minimum Gasteiger partial charge on any atom is -0.368 e. The van der Waals surface area contributed by atoms with E-state index in [2.05, 4.69) is 15.9 Å². The van der Waals surface area contributed by atoms with Crippen molar-refractivity contribution in [2.45, 2.75) is 63.5 Å². The van der Waals surface area contributed by atoms with Crippen LogP contribution in [0.2, 0.25) is 0 Å². The van der Waals surface area contributed by atoms with Gasteiger partial charge in [-0.1, -0.05) is 24.3 Å². The number of nitrogens with zero attached hydrogens (tertiary/aromatic N) is 5. The maximum absolute atomic E-state index is 14.6. The molecule has 1 saturated carbocycles. The van der Waals surface area contributed by atoms with Crippen LogP contribution >= 0.6 is 15.9 Å². The molecule has 0 radical (unpaired) electrons. The number of hydrogen-bond donors (Lipinski definition) is 0. The Labute approximate surface area is 232 Å². The molecule has 0 spiro atoms. The molecular weight excluding hydrogens is 578 g/mol. The molecule has 1 aromatic heterocycles. The zero-order valence-corrected chi connectivity index (χ0v) is 22.9. The summed E-state index contributed by atoms with van der Waals surface area (Å²) in [4.78, 5) is 19.2. The molecule has 1 saturated heterocycles. The van der Waals surface area contributed by atoms with Gasteiger partial charge >= 0.3 is 12.2 Å². The number of carbonyl (C=O) groups is 1. The highest BCUT2D eigenvalue weighted by molar-refractivity contribution is 9.10. The molecule has 3 heterocycles. The number of aromatic nitrogens is 2. The molecule has 0 N–H and O–H groups in total. The van der Waals surface area contributed by atoms with Gasteiger partial charge in [0.05, 0.1) is 29.9 Å². The molecule has 11 heteroatoms. The summed E-state index contributed by atoms with van der Waals surface area (Å²) >= 11 is 3.45. The maximum Gasteiger partial charge on any atom is 0.416 e. The Hall–Kier alpha value is -3.08. The van der Waals surface area contributed by atoms with Gasteiger partial charge in [0.1, 0.15) is 5.82 Å². The van der Waals surface area contributed by atoms with Crippen LogP contribution in [-0.4, -0.2) is 39.8 Å². The van der Waals surface area contributed by atoms with Crippen LogP contribution < -0.4 is 9.80 Å². The largest absolute Gasteiger partial charge is 0.416 e. The summed E-state index contributed by atoms with van der Waals surface area (Å²) in [5, 5.41) is 4.69. The summed E-state index contributed by atoms with van der Waals surface area (Å²) in [6.45, 7) is 2.82. The van der Waals surface area contributed by atoms with E-state index < -0.39 is 11.7 Å². The number of urea groups is 1. The Morgan fingerprint density at radius 1 is 1.00 bits per heavy atom. The molecule has 206 valence electrons. The smallest absolute Gasteiger partial charge is 0.368 e. The maximum atomic E-state index is 14.6. The minimum absolute atomic E-state index is 0.0268. The van der Waals surface area contributed by atoms with E-state index in [0.29, 0.717) is 41.9 Å². The van der Waals surface area contributed by atoms with Crippen molar-refractivity contribution in [2.24, 2.45) is 0 Å². The number of alkyl halides is 3. The van der Waals surface area contributed by atoms with E-state index in [-0.39, 0.29) is 42.1 Å². The number of benzene rings is 2. The van der Waals surface area contributed by atoms with Gasteiger partial charge in [-0.2, -0.15) is 18.3 Å². The predicted octanol–water partition coefficient (Wildman–Crippen LogP) is 7.31. The average molecular weight is 606 g/mol. The van der Waals surface area contributed by atoms with Gasteiger partial charge in [-0.05, 0) is 72.3 Å². The Kier molecular flexibility index (Phi) is 6.60. The lowest BCUT2D eigenvalue weighted by Crippen LogP contribution is -2.55. The van der Waals surface area contributed by atoms with Crippen LogP contribution in [0.3, 0.4) is 0 Å². The fourth-order valence-electron chi connectivity index (χ4n) is 5.85. The highest BCUT2D eigenvalue weighted by Crippen LogP contribution is 2.44. The number of piperidine rings is 1. The lowest BCUT2D eigenvalue weighted by molar-refractivity contribution is -0.138. The third-order valence-electron chi connectivity index (χ3n) is 8.00. The minimum atomic E-state index is -4.54. The van der Waals surface area contributed by atoms with E-state index in [1.807, 2.05) is 22.7 Å². The van der Waals surface area contributed by atoms with E-state index in [9.17, 15) is 22.4 Å². The quantitative estimate of drug-likeness (QED) is 0.286. The molecule has 6 nitrogen and oxygen atoms in total. The van der Waals surface area contributed by atoms with Crippen molar-refractivity contribution in [2.75, 3.05) is 22.9 Å². The zero-order valence-electron chi connectivity index (χ0n) is 21.3. The first-order chi connectivity index (χ1) is 18.6. The zero-order chi connectivity index (χ0) is 27.5. The predicted molar refractivity (Wildman–Crippen MR) is 143 cm³/mol. The van der Waals surface area contributed by atoms with Crippen molar-refractivity contribution >= 4 is 33.5 Å². The summed E-state index contributed by atoms with van der Waals surface area (Å²) in [5.41, 5.74) is 0.617. The second-order valence-corrected chi connectivity index (χ2v) is 11.4. The second-order valence-electron chi connectivity index (χ2n) is 10.5. The molecule has 1 aliphatic carbocycles. The van der Waals surface area contributed by atoms with Crippen LogP contribution in [0.25, 0.3) is 0 Å². The number of carbonyl (C=O) groups excluding carboxylic acids is 1. The Morgan fingerprint density at radius 2 is 1.72 bits per heavy atom. The highest BCUT2D eigenvalue weighted by atomic mass is 79.9. The van der Waals surface area contributed by atoms with Gasteiger partial charge < -0.3 is 9.80 Å². The fourth-order valence-corrected chi connectivity index (χ4v) is 6.44. The van der Waals surface area contributed by atoms with Gasteiger partial charge in [0, 0.05) is 35.4 Å². The first kappa shape index (κ1) is 26.2. The molecule has 0 unspecified atom stereocenters. The van der Waals surface area contributed by atoms with Crippen LogP contribution in [-0.2, 0) is 12.7 Å². The van der Waals surface area contributed by atoms with E-state index >= 15 is 0 Å². The molecule has 2 fully saturated rings. The Morgan fingerprint density at radius 3 is 2.38 bits per heavy atom. The van der Waals surface area contributed by atoms with Crippen LogP contribution in [0, 0.1) is 5.82 Å². The third-order valence-corrected chi connectivity index (χ3v) is 8.64. The second kappa shape index (κ2) is 9.83. The van der Waals surface area contributed by atoms with E-state index in [4.69, 9.17) is 5.10 Å². The molecule has 3 aromatic rings. The summed E-state index contributed by atoms with van der Waals surface area (Å²) in [7, 11) is 0. The van der Waals surface area contributed by atoms with Crippen molar-refractivity contribution in [1.29, 1.82) is 0 Å². The van der Waals surface area contributed by atoms with Gasteiger partial charge in [-0.3, -0.25) is 9.58 Å². The van der Waals surface area contributed by atoms with Crippen LogP contribution in [0.4, 0.5) is 33.9 Å². The first-order valence-electron chi connectivity index (χ1n) is 13.2. The van der Waals surface area contributed by atoms with Crippen molar-refractivity contribution < 1.29 is 22.4 Å². The summed E-state index contributed by atoms with van der Waals surface area (Å²) in [6.07, 6.45) is 0.616. The van der Waals surface area contributed by atoms with Crippen LogP contribution in [0.1, 0.15) is 61.4 Å². The number of anilines is 2. The summed E-state index contributed by atoms with van der Waals surface area (Å²) in [6, 6.07) is 9.73. The number of para-hydroxylation sites is 1. The Balaban J connectivity index is 1.31. The van der Waals surface area contributed by atoms with E-state index in [1.54, 1.807) is 23.1 Å². The normalized spacial score (nSPS) is 20.5. The topological polar surface area (TPSA) is 44.6 Å². The number of amides is 2. The van der Waals surface area contributed by atoms with Crippen LogP contribution in [0.15, 0.2) is 53.1 Å². The fraction of sp³-hybridized carbons (Fsp3) is 0.429. The highest BCUT2D eigenvalue weighted by Gasteiger charge is 2.44. The molecule has 6 rings (SSSR count). The van der Waals surface area contributed by atoms with E-state index in [0.717, 1.165) is 24.5 Å². The van der Waals surface area contributed by atoms with Crippen molar-refractivity contribution in [1.82, 2.24) is 14.7 Å². The van der Waals surface area contributed by atoms with Gasteiger partial charge in [0.15, 0.2) is 5.82 Å². The molecular formula is C28H28BrF4N5O. The summed E-state index contributed by atoms with van der Waals surface area (Å²) < 4.78 is 58.6. The molecule has 39 heavy (non-hydrogen) atoms. The molecule has 1 atom stereocenters. The van der Waals surface area contributed by atoms with Gasteiger partial charge in [0.25, 0.3) is 0 Å². The third kappa shape index (κ3) is 4.79. The average Bonchev–Trinajstić information content (AvgIpc) is 3.65. The number of fused-ring (bicyclic) bond motifs is 1. The van der Waals surface area contributed by atoms with E-state index in [1.165, 1.54) is 23.1 Å². The van der Waals surface area contributed by atoms with Crippen molar-refractivity contribution in [3.8, 4) is 0 Å². The number of rotatable bonds is 5. The lowest BCUT2D eigenvalue weighted by Gasteiger charge is -2.46. The lowest BCUT2D eigenvalue weighted by atomic mass is 9.97. The number of hydrogen-bond acceptors (Lipinski definition) is 3. The number of halogens is 5. The Bertz CT molecular complexity index is 1380. The van der Waals surface area contributed by atoms with Gasteiger partial charge in [0.2, 0.25) is 0 Å². The molecule has 2 aromatic carbocycles. The summed E-state index contributed by atoms with van der Waals surface area (Å²) in [5.74, 6) is 0.122. The standard InChI is InChI=1S/C28H28BrF4N5O/c1-17-21-16-37(19-9-10-19)34-26(21)36(15-18-5-2-3-6-22(18)28(31,32)33)27(39)38(17)20-11-13-35(14-12-20)25-23(29)7-4-8-24(25)30/h2-8,16-17,19-20H,9-15H2,1H3/t17-/m0/s1. The SMILES string of the molecule is C[C@H]1c2cn(C3CC3)nc2N(Cc2ccccc2C(F)(F)F)C(=O)N1C1CCN(c2c(F)cccc2Br)CC1. The van der Waals surface area contributed by atoms with Gasteiger partial charge in [-0.15, -0.1) is 0 Å². The van der Waals surface area contributed by atoms with Crippen molar-refractivity contribution in [3.05, 3.63) is 75.6 Å². The van der Waals surface area contributed by atoms with Crippen LogP contribution in [0.5, 0.6) is 0 Å².